The molecule has 0 aliphatic heterocycles. The highest BCUT2D eigenvalue weighted by molar-refractivity contribution is 7.93. The molecule has 1 aromatic carbocycles. The lowest BCUT2D eigenvalue weighted by Crippen LogP contribution is -2.09. The lowest BCUT2D eigenvalue weighted by Gasteiger charge is -1.95. The number of benzene rings is 1. The Bertz CT molecular complexity index is 397. The van der Waals surface area contributed by atoms with Gasteiger partial charge < -0.3 is 0 Å². The molecule has 0 fully saturated rings. The third-order valence-electron chi connectivity index (χ3n) is 1.36. The van der Waals surface area contributed by atoms with Gasteiger partial charge in [0.05, 0.1) is 4.90 Å². The molecule has 0 aliphatic rings. The van der Waals surface area contributed by atoms with Crippen LogP contribution in [0.1, 0.15) is 0 Å². The van der Waals surface area contributed by atoms with E-state index >= 15 is 0 Å². The third kappa shape index (κ3) is 2.62. The Morgan fingerprint density at radius 2 is 1.77 bits per heavy atom. The van der Waals surface area contributed by atoms with Crippen molar-refractivity contribution in [3.8, 4) is 0 Å². The number of rotatable bonds is 3. The van der Waals surface area contributed by atoms with Crippen molar-refractivity contribution in [1.29, 1.82) is 0 Å². The van der Waals surface area contributed by atoms with E-state index in [0.29, 0.717) is 5.88 Å². The predicted octanol–water partition coefficient (Wildman–Crippen LogP) is 0.988. The highest BCUT2D eigenvalue weighted by atomic mass is 32.2. The largest absolute Gasteiger partial charge is 0.381 e. The smallest absolute Gasteiger partial charge is 0.216 e. The monoisotopic (exact) mass is 199 g/mol. The topological polar surface area (TPSA) is 54.2 Å². The molecular formula is C8H9NO3S+. The minimum absolute atomic E-state index is 0.123. The zero-order chi connectivity index (χ0) is 9.90. The van der Waals surface area contributed by atoms with Crippen molar-refractivity contribution < 1.29 is 13.2 Å². The van der Waals surface area contributed by atoms with Crippen molar-refractivity contribution in [1.82, 2.24) is 0 Å². The van der Waals surface area contributed by atoms with Gasteiger partial charge in [0.25, 0.3) is 9.84 Å². The maximum atomic E-state index is 11.3. The molecule has 13 heavy (non-hydrogen) atoms. The molecule has 0 atom stereocenters. The Kier molecular flexibility index (Phi) is 2.77. The van der Waals surface area contributed by atoms with Crippen LogP contribution in [0.4, 0.5) is 0 Å². The first kappa shape index (κ1) is 9.85. The van der Waals surface area contributed by atoms with Crippen molar-refractivity contribution in [2.45, 2.75) is 4.90 Å². The standard InChI is InChI=1S/C8H9NO3S/c1-9(10)7-13(11,12)8-5-3-2-4-6-8/h2-7H,1H3/q+1. The molecule has 0 N–H and O–H groups in total. The zero-order valence-electron chi connectivity index (χ0n) is 7.04. The first-order chi connectivity index (χ1) is 6.02. The van der Waals surface area contributed by atoms with Crippen molar-refractivity contribution in [2.24, 2.45) is 0 Å². The summed E-state index contributed by atoms with van der Waals surface area (Å²) in [4.78, 5) is 10.6. The predicted molar refractivity (Wildman–Crippen MR) is 47.5 cm³/mol. The van der Waals surface area contributed by atoms with E-state index in [9.17, 15) is 13.3 Å². The van der Waals surface area contributed by atoms with E-state index in [1.807, 2.05) is 0 Å². The lowest BCUT2D eigenvalue weighted by molar-refractivity contribution is -0.462. The number of nitroso groups, excluding NO2 is 1. The Balaban J connectivity index is 3.02. The highest BCUT2D eigenvalue weighted by Gasteiger charge is 2.23. The molecule has 0 aliphatic carbocycles. The molecular weight excluding hydrogens is 190 g/mol. The van der Waals surface area contributed by atoms with Gasteiger partial charge in [0.2, 0.25) is 0 Å². The molecule has 0 unspecified atom stereocenters. The summed E-state index contributed by atoms with van der Waals surface area (Å²) in [6.45, 7) is 0. The molecule has 4 nitrogen and oxygen atoms in total. The zero-order valence-corrected chi connectivity index (χ0v) is 7.86. The van der Waals surface area contributed by atoms with Crippen molar-refractivity contribution in [3.63, 3.8) is 0 Å². The maximum absolute atomic E-state index is 11.3. The summed E-state index contributed by atoms with van der Waals surface area (Å²) in [6, 6.07) is 7.79. The molecule has 69 valence electrons. The van der Waals surface area contributed by atoms with Crippen LogP contribution in [0.3, 0.4) is 0 Å². The number of nitrogens with zero attached hydrogens (tertiary/aromatic N) is 1. The van der Waals surface area contributed by atoms with Crippen LogP contribution >= 0.6 is 0 Å². The first-order valence-corrected chi connectivity index (χ1v) is 5.12. The van der Waals surface area contributed by atoms with E-state index in [1.165, 1.54) is 12.1 Å². The molecule has 0 heterocycles. The lowest BCUT2D eigenvalue weighted by atomic mass is 10.4. The molecule has 0 saturated carbocycles. The Hall–Kier alpha value is -1.23. The van der Waals surface area contributed by atoms with E-state index in [4.69, 9.17) is 0 Å². The fourth-order valence-corrected chi connectivity index (χ4v) is 1.92. The number of hydrogen-bond acceptors (Lipinski definition) is 3. The second-order valence-electron chi connectivity index (χ2n) is 2.51. The van der Waals surface area contributed by atoms with Gasteiger partial charge in [-0.25, -0.2) is 8.42 Å². The van der Waals surface area contributed by atoms with Crippen LogP contribution < -0.4 is 0 Å². The maximum Gasteiger partial charge on any atom is 0.381 e. The van der Waals surface area contributed by atoms with E-state index in [0.717, 1.165) is 7.05 Å². The van der Waals surface area contributed by atoms with E-state index in [2.05, 4.69) is 0 Å². The molecule has 0 saturated heterocycles. The van der Waals surface area contributed by atoms with Gasteiger partial charge in [-0.15, -0.1) is 0 Å². The van der Waals surface area contributed by atoms with Crippen LogP contribution in [-0.4, -0.2) is 20.2 Å². The van der Waals surface area contributed by atoms with Crippen LogP contribution in [0.25, 0.3) is 0 Å². The molecule has 1 aromatic rings. The Morgan fingerprint density at radius 3 is 2.23 bits per heavy atom. The molecule has 1 rings (SSSR count). The van der Waals surface area contributed by atoms with Gasteiger partial charge in [-0.05, 0) is 12.1 Å². The highest BCUT2D eigenvalue weighted by Crippen LogP contribution is 2.11. The van der Waals surface area contributed by atoms with Gasteiger partial charge >= 0.3 is 5.88 Å². The molecule has 0 spiro atoms. The average Bonchev–Trinajstić information content (AvgIpc) is 2.04. The van der Waals surface area contributed by atoms with E-state index in [1.54, 1.807) is 18.2 Å². The second kappa shape index (κ2) is 3.66. The van der Waals surface area contributed by atoms with Crippen molar-refractivity contribution in [3.05, 3.63) is 41.1 Å². The van der Waals surface area contributed by atoms with E-state index < -0.39 is 9.84 Å². The number of sulfone groups is 1. The summed E-state index contributed by atoms with van der Waals surface area (Å²) in [5.41, 5.74) is 0. The molecule has 0 amide bonds. The summed E-state index contributed by atoms with van der Waals surface area (Å²) < 4.78 is 23.0. The van der Waals surface area contributed by atoms with Gasteiger partial charge in [-0.2, -0.15) is 0 Å². The minimum Gasteiger partial charge on any atom is -0.216 e. The van der Waals surface area contributed by atoms with Gasteiger partial charge in [-0.3, -0.25) is 0 Å². The molecule has 0 aromatic heterocycles. The average molecular weight is 199 g/mol. The Labute approximate surface area is 76.7 Å². The fraction of sp³-hybridized carbons (Fsp3) is 0.125. The van der Waals surface area contributed by atoms with Crippen LogP contribution in [0, 0.1) is 10.8 Å². The Morgan fingerprint density at radius 1 is 1.23 bits per heavy atom. The minimum atomic E-state index is -3.57. The van der Waals surface area contributed by atoms with Gasteiger partial charge in [-0.1, -0.05) is 18.2 Å². The molecule has 5 heteroatoms. The third-order valence-corrected chi connectivity index (χ3v) is 2.86. The SMILES string of the molecule is C[N+](=O)[CH]S(=O)(=O)c1ccccc1. The second-order valence-corrected chi connectivity index (χ2v) is 4.28. The van der Waals surface area contributed by atoms with Gasteiger partial charge in [0, 0.05) is 9.67 Å². The molecule has 0 bridgehead atoms. The van der Waals surface area contributed by atoms with Gasteiger partial charge in [0.1, 0.15) is 0 Å². The van der Waals surface area contributed by atoms with Crippen LogP contribution in [0.2, 0.25) is 0 Å². The van der Waals surface area contributed by atoms with Crippen LogP contribution in [0.5, 0.6) is 0 Å². The molecule has 1 radical (unpaired) electrons. The summed E-state index contributed by atoms with van der Waals surface area (Å²) >= 11 is 0. The summed E-state index contributed by atoms with van der Waals surface area (Å²) in [7, 11) is -2.45. The van der Waals surface area contributed by atoms with Crippen LogP contribution in [-0.2, 0) is 9.84 Å². The number of hydrogen-bond donors (Lipinski definition) is 0. The van der Waals surface area contributed by atoms with Crippen molar-refractivity contribution >= 4 is 9.84 Å². The summed E-state index contributed by atoms with van der Waals surface area (Å²) in [5.74, 6) is 0.641. The van der Waals surface area contributed by atoms with Gasteiger partial charge in [0.15, 0.2) is 7.05 Å². The summed E-state index contributed by atoms with van der Waals surface area (Å²) in [5, 5.41) is 0. The first-order valence-electron chi connectivity index (χ1n) is 3.57. The van der Waals surface area contributed by atoms with Crippen molar-refractivity contribution in [2.75, 3.05) is 7.05 Å². The quantitative estimate of drug-likeness (QED) is 0.682. The summed E-state index contributed by atoms with van der Waals surface area (Å²) in [6.07, 6.45) is 0. The van der Waals surface area contributed by atoms with Crippen LogP contribution in [0.15, 0.2) is 35.2 Å². The normalized spacial score (nSPS) is 11.2. The van der Waals surface area contributed by atoms with E-state index in [-0.39, 0.29) is 9.66 Å². The fourth-order valence-electron chi connectivity index (χ4n) is 0.866.